The second-order valence-electron chi connectivity index (χ2n) is 7.09. The lowest BCUT2D eigenvalue weighted by molar-refractivity contribution is -0.119. The number of hydrogen-bond donors (Lipinski definition) is 1. The number of primary amides is 1. The van der Waals surface area contributed by atoms with E-state index in [1.54, 1.807) is 0 Å². The molecule has 0 spiro atoms. The summed E-state index contributed by atoms with van der Waals surface area (Å²) >= 11 is 0. The van der Waals surface area contributed by atoms with Crippen molar-refractivity contribution >= 4 is 5.91 Å². The zero-order valence-corrected chi connectivity index (χ0v) is 15.1. The fourth-order valence-electron chi connectivity index (χ4n) is 3.78. The number of nitrogens with two attached hydrogens (primary N) is 1. The van der Waals surface area contributed by atoms with Crippen molar-refractivity contribution in [3.8, 4) is 0 Å². The van der Waals surface area contributed by atoms with E-state index in [4.69, 9.17) is 10.5 Å². The van der Waals surface area contributed by atoms with Gasteiger partial charge < -0.3 is 10.5 Å². The Labute approximate surface area is 159 Å². The van der Waals surface area contributed by atoms with Gasteiger partial charge in [-0.2, -0.15) is 0 Å². The SMILES string of the molecule is NC(=O)C1CC1COC(c1ccccc1)(c1ccccc1)c1ccccc1. The first-order chi connectivity index (χ1) is 13.2. The zero-order chi connectivity index (χ0) is 18.7. The number of benzene rings is 3. The molecule has 3 aromatic rings. The predicted octanol–water partition coefficient (Wildman–Crippen LogP) is 4.12. The van der Waals surface area contributed by atoms with Crippen LogP contribution in [-0.2, 0) is 15.1 Å². The fraction of sp³-hybridized carbons (Fsp3) is 0.208. The smallest absolute Gasteiger partial charge is 0.220 e. The summed E-state index contributed by atoms with van der Waals surface area (Å²) in [6.45, 7) is 0.492. The van der Waals surface area contributed by atoms with Crippen LogP contribution in [0, 0.1) is 11.8 Å². The van der Waals surface area contributed by atoms with E-state index in [1.165, 1.54) is 0 Å². The molecule has 0 heterocycles. The molecule has 0 aromatic heterocycles. The minimum atomic E-state index is -0.728. The van der Waals surface area contributed by atoms with Crippen LogP contribution in [0.4, 0.5) is 0 Å². The van der Waals surface area contributed by atoms with Gasteiger partial charge in [0.05, 0.1) is 6.61 Å². The van der Waals surface area contributed by atoms with E-state index in [0.717, 1.165) is 23.1 Å². The summed E-state index contributed by atoms with van der Waals surface area (Å²) in [5.41, 5.74) is 7.94. The largest absolute Gasteiger partial charge is 0.369 e. The van der Waals surface area contributed by atoms with Gasteiger partial charge in [0.1, 0.15) is 5.60 Å². The van der Waals surface area contributed by atoms with Crippen molar-refractivity contribution in [3.63, 3.8) is 0 Å². The first kappa shape index (κ1) is 17.5. The van der Waals surface area contributed by atoms with Gasteiger partial charge in [0.15, 0.2) is 0 Å². The summed E-state index contributed by atoms with van der Waals surface area (Å²) in [5.74, 6) is -0.101. The van der Waals surface area contributed by atoms with Gasteiger partial charge >= 0.3 is 0 Å². The Morgan fingerprint density at radius 1 is 0.815 bits per heavy atom. The zero-order valence-electron chi connectivity index (χ0n) is 15.1. The maximum atomic E-state index is 11.5. The maximum absolute atomic E-state index is 11.5. The molecule has 1 aliphatic rings. The molecule has 2 unspecified atom stereocenters. The molecule has 4 rings (SSSR count). The van der Waals surface area contributed by atoms with Crippen LogP contribution in [0.1, 0.15) is 23.1 Å². The number of hydrogen-bond acceptors (Lipinski definition) is 2. The van der Waals surface area contributed by atoms with Crippen LogP contribution >= 0.6 is 0 Å². The van der Waals surface area contributed by atoms with Crippen LogP contribution in [0.5, 0.6) is 0 Å². The number of rotatable bonds is 7. The van der Waals surface area contributed by atoms with Gasteiger partial charge in [-0.1, -0.05) is 91.0 Å². The van der Waals surface area contributed by atoms with E-state index in [-0.39, 0.29) is 17.7 Å². The Morgan fingerprint density at radius 2 is 1.22 bits per heavy atom. The normalized spacial score (nSPS) is 18.8. The second kappa shape index (κ2) is 7.37. The van der Waals surface area contributed by atoms with E-state index in [9.17, 15) is 4.79 Å². The van der Waals surface area contributed by atoms with Gasteiger partial charge in [0.2, 0.25) is 5.91 Å². The third-order valence-electron chi connectivity index (χ3n) is 5.34. The Kier molecular flexibility index (Phi) is 4.78. The quantitative estimate of drug-likeness (QED) is 0.647. The van der Waals surface area contributed by atoms with Crippen LogP contribution in [0.25, 0.3) is 0 Å². The summed E-state index contributed by atoms with van der Waals surface area (Å²) in [4.78, 5) is 11.5. The molecule has 3 aromatic carbocycles. The Balaban J connectivity index is 1.81. The van der Waals surface area contributed by atoms with Crippen LogP contribution in [0.2, 0.25) is 0 Å². The highest BCUT2D eigenvalue weighted by molar-refractivity contribution is 5.79. The third kappa shape index (κ3) is 3.38. The number of carbonyl (C=O) groups excluding carboxylic acids is 1. The molecule has 1 fully saturated rings. The molecule has 3 nitrogen and oxygen atoms in total. The van der Waals surface area contributed by atoms with Gasteiger partial charge in [0, 0.05) is 5.92 Å². The molecule has 0 aliphatic heterocycles. The molecule has 0 radical (unpaired) electrons. The van der Waals surface area contributed by atoms with Crippen molar-refractivity contribution in [2.24, 2.45) is 17.6 Å². The van der Waals surface area contributed by atoms with E-state index in [2.05, 4.69) is 36.4 Å². The van der Waals surface area contributed by atoms with Crippen LogP contribution in [0.15, 0.2) is 91.0 Å². The van der Waals surface area contributed by atoms with Crippen molar-refractivity contribution in [1.29, 1.82) is 0 Å². The molecule has 1 amide bonds. The highest BCUT2D eigenvalue weighted by atomic mass is 16.5. The van der Waals surface area contributed by atoms with Crippen LogP contribution in [-0.4, -0.2) is 12.5 Å². The van der Waals surface area contributed by atoms with Crippen molar-refractivity contribution in [2.75, 3.05) is 6.61 Å². The molecule has 0 bridgehead atoms. The average Bonchev–Trinajstić information content (AvgIpc) is 3.51. The van der Waals surface area contributed by atoms with Crippen LogP contribution in [0.3, 0.4) is 0 Å². The molecule has 3 heteroatoms. The summed E-state index contributed by atoms with van der Waals surface area (Å²) in [5, 5.41) is 0. The lowest BCUT2D eigenvalue weighted by atomic mass is 9.80. The lowest BCUT2D eigenvalue weighted by Gasteiger charge is -2.36. The fourth-order valence-corrected chi connectivity index (χ4v) is 3.78. The van der Waals surface area contributed by atoms with Gasteiger partial charge in [-0.25, -0.2) is 0 Å². The molecule has 2 N–H and O–H groups in total. The monoisotopic (exact) mass is 357 g/mol. The Bertz CT molecular complexity index is 797. The number of ether oxygens (including phenoxy) is 1. The summed E-state index contributed by atoms with van der Waals surface area (Å²) in [6, 6.07) is 30.8. The van der Waals surface area contributed by atoms with Crippen molar-refractivity contribution in [2.45, 2.75) is 12.0 Å². The minimum absolute atomic E-state index is 0.0648. The summed E-state index contributed by atoms with van der Waals surface area (Å²) < 4.78 is 6.68. The molecular weight excluding hydrogens is 334 g/mol. The van der Waals surface area contributed by atoms with Gasteiger partial charge in [-0.3, -0.25) is 4.79 Å². The molecular formula is C24H23NO2. The summed E-state index contributed by atoms with van der Waals surface area (Å²) in [6.07, 6.45) is 0.809. The Hall–Kier alpha value is -2.91. The lowest BCUT2D eigenvalue weighted by Crippen LogP contribution is -2.34. The van der Waals surface area contributed by atoms with Crippen molar-refractivity contribution in [1.82, 2.24) is 0 Å². The van der Waals surface area contributed by atoms with E-state index >= 15 is 0 Å². The standard InChI is InChI=1S/C24H23NO2/c25-23(26)22-16-18(22)17-27-24(19-10-4-1-5-11-19,20-12-6-2-7-13-20)21-14-8-3-9-15-21/h1-15,18,22H,16-17H2,(H2,25,26). The molecule has 1 saturated carbocycles. The van der Waals surface area contributed by atoms with Crippen LogP contribution < -0.4 is 5.73 Å². The van der Waals surface area contributed by atoms with E-state index in [0.29, 0.717) is 6.61 Å². The van der Waals surface area contributed by atoms with Crippen molar-refractivity contribution < 1.29 is 9.53 Å². The molecule has 0 saturated heterocycles. The highest BCUT2D eigenvalue weighted by Crippen LogP contribution is 2.44. The third-order valence-corrected chi connectivity index (χ3v) is 5.34. The molecule has 27 heavy (non-hydrogen) atoms. The minimum Gasteiger partial charge on any atom is -0.369 e. The van der Waals surface area contributed by atoms with Gasteiger partial charge in [-0.15, -0.1) is 0 Å². The van der Waals surface area contributed by atoms with Gasteiger partial charge in [-0.05, 0) is 29.0 Å². The van der Waals surface area contributed by atoms with E-state index < -0.39 is 5.60 Å². The first-order valence-electron chi connectivity index (χ1n) is 9.31. The predicted molar refractivity (Wildman–Crippen MR) is 106 cm³/mol. The van der Waals surface area contributed by atoms with Gasteiger partial charge in [0.25, 0.3) is 0 Å². The molecule has 2 atom stereocenters. The Morgan fingerprint density at radius 3 is 1.56 bits per heavy atom. The maximum Gasteiger partial charge on any atom is 0.220 e. The van der Waals surface area contributed by atoms with E-state index in [1.807, 2.05) is 54.6 Å². The number of carbonyl (C=O) groups is 1. The topological polar surface area (TPSA) is 52.3 Å². The highest BCUT2D eigenvalue weighted by Gasteiger charge is 2.45. The van der Waals surface area contributed by atoms with Crippen molar-refractivity contribution in [3.05, 3.63) is 108 Å². The average molecular weight is 357 g/mol. The molecule has 1 aliphatic carbocycles. The number of amides is 1. The second-order valence-corrected chi connectivity index (χ2v) is 7.09. The molecule has 136 valence electrons. The summed E-state index contributed by atoms with van der Waals surface area (Å²) in [7, 11) is 0. The first-order valence-corrected chi connectivity index (χ1v) is 9.31.